The Hall–Kier alpha value is -2.14. The number of benzene rings is 1. The summed E-state index contributed by atoms with van der Waals surface area (Å²) in [4.78, 5) is 4.25. The highest BCUT2D eigenvalue weighted by molar-refractivity contribution is 5.81. The fourth-order valence-electron chi connectivity index (χ4n) is 2.45. The first-order valence-corrected chi connectivity index (χ1v) is 7.40. The van der Waals surface area contributed by atoms with E-state index in [9.17, 15) is 0 Å². The minimum Gasteiger partial charge on any atom is -0.444 e. The Labute approximate surface area is 124 Å². The van der Waals surface area contributed by atoms with Gasteiger partial charge in [-0.05, 0) is 13.0 Å². The third-order valence-electron chi connectivity index (χ3n) is 3.55. The van der Waals surface area contributed by atoms with Gasteiger partial charge in [0.2, 0.25) is 5.89 Å². The molecule has 0 atom stereocenters. The molecule has 0 unspecified atom stereocenters. The van der Waals surface area contributed by atoms with Crippen molar-refractivity contribution in [2.45, 2.75) is 39.9 Å². The van der Waals surface area contributed by atoms with Gasteiger partial charge in [0.25, 0.3) is 0 Å². The predicted molar refractivity (Wildman–Crippen MR) is 81.8 cm³/mol. The van der Waals surface area contributed by atoms with E-state index in [0.717, 1.165) is 30.3 Å². The lowest BCUT2D eigenvalue weighted by Gasteiger charge is -1.99. The van der Waals surface area contributed by atoms with Crippen LogP contribution in [-0.4, -0.2) is 14.8 Å². The fourth-order valence-corrected chi connectivity index (χ4v) is 2.45. The molecule has 110 valence electrons. The maximum Gasteiger partial charge on any atom is 0.208 e. The van der Waals surface area contributed by atoms with Crippen molar-refractivity contribution in [2.24, 2.45) is 0 Å². The zero-order valence-corrected chi connectivity index (χ0v) is 12.5. The highest BCUT2D eigenvalue weighted by atomic mass is 16.4. The van der Waals surface area contributed by atoms with Crippen LogP contribution in [0.1, 0.15) is 31.2 Å². The molecule has 5 heteroatoms. The Kier molecular flexibility index (Phi) is 4.01. The zero-order chi connectivity index (χ0) is 14.7. The normalized spacial score (nSPS) is 11.3. The molecule has 2 aromatic heterocycles. The van der Waals surface area contributed by atoms with E-state index < -0.39 is 0 Å². The highest BCUT2D eigenvalue weighted by Gasteiger charge is 2.09. The number of nitrogens with one attached hydrogen (secondary N) is 1. The van der Waals surface area contributed by atoms with Gasteiger partial charge in [-0.3, -0.25) is 4.68 Å². The van der Waals surface area contributed by atoms with Crippen LogP contribution in [0.15, 0.2) is 34.9 Å². The summed E-state index contributed by atoms with van der Waals surface area (Å²) in [5.41, 5.74) is 2.25. The summed E-state index contributed by atoms with van der Waals surface area (Å²) in [6.07, 6.45) is 2.66. The smallest absolute Gasteiger partial charge is 0.208 e. The molecule has 2 heterocycles. The molecule has 1 N–H and O–H groups in total. The third kappa shape index (κ3) is 2.83. The quantitative estimate of drug-likeness (QED) is 0.756. The van der Waals surface area contributed by atoms with Crippen LogP contribution in [0.5, 0.6) is 0 Å². The van der Waals surface area contributed by atoms with Crippen molar-refractivity contribution in [1.29, 1.82) is 0 Å². The summed E-state index contributed by atoms with van der Waals surface area (Å²) in [5.74, 6) is 1.65. The summed E-state index contributed by atoms with van der Waals surface area (Å²) >= 11 is 0. The maximum atomic E-state index is 5.59. The van der Waals surface area contributed by atoms with E-state index in [1.807, 2.05) is 10.7 Å². The van der Waals surface area contributed by atoms with Crippen molar-refractivity contribution in [3.63, 3.8) is 0 Å². The number of para-hydroxylation sites is 1. The van der Waals surface area contributed by atoms with Crippen LogP contribution in [0.3, 0.4) is 0 Å². The van der Waals surface area contributed by atoms with Crippen molar-refractivity contribution in [3.8, 4) is 0 Å². The summed E-state index contributed by atoms with van der Waals surface area (Å²) in [5, 5.41) is 9.22. The molecule has 3 aromatic rings. The van der Waals surface area contributed by atoms with Gasteiger partial charge in [0, 0.05) is 24.9 Å². The van der Waals surface area contributed by atoms with Gasteiger partial charge >= 0.3 is 0 Å². The Balaban J connectivity index is 1.70. The van der Waals surface area contributed by atoms with Gasteiger partial charge in [0.1, 0.15) is 5.76 Å². The lowest BCUT2D eigenvalue weighted by molar-refractivity contribution is 0.438. The van der Waals surface area contributed by atoms with E-state index in [1.165, 1.54) is 10.9 Å². The first-order valence-electron chi connectivity index (χ1n) is 7.40. The highest BCUT2D eigenvalue weighted by Crippen LogP contribution is 2.18. The molecule has 0 radical (unpaired) electrons. The first-order chi connectivity index (χ1) is 10.3. The molecular formula is C16H20N4O. The lowest BCUT2D eigenvalue weighted by Crippen LogP contribution is -2.13. The van der Waals surface area contributed by atoms with Gasteiger partial charge in [-0.1, -0.05) is 25.1 Å². The van der Waals surface area contributed by atoms with E-state index in [-0.39, 0.29) is 0 Å². The van der Waals surface area contributed by atoms with Crippen LogP contribution in [0.2, 0.25) is 0 Å². The molecule has 0 aliphatic heterocycles. The Morgan fingerprint density at radius 3 is 2.81 bits per heavy atom. The number of fused-ring (bicyclic) bond motifs is 1. The molecule has 0 aliphatic rings. The molecule has 0 spiro atoms. The van der Waals surface area contributed by atoms with Crippen LogP contribution in [0.4, 0.5) is 0 Å². The van der Waals surface area contributed by atoms with Gasteiger partial charge in [0.15, 0.2) is 0 Å². The van der Waals surface area contributed by atoms with Gasteiger partial charge in [0.05, 0.1) is 24.0 Å². The van der Waals surface area contributed by atoms with Crippen LogP contribution < -0.4 is 5.32 Å². The van der Waals surface area contributed by atoms with Crippen LogP contribution in [-0.2, 0) is 26.1 Å². The van der Waals surface area contributed by atoms with Crippen LogP contribution in [0, 0.1) is 0 Å². The van der Waals surface area contributed by atoms with Crippen molar-refractivity contribution < 1.29 is 4.42 Å². The summed E-state index contributed by atoms with van der Waals surface area (Å²) in [6.45, 7) is 6.36. The Bertz CT molecular complexity index is 729. The van der Waals surface area contributed by atoms with Gasteiger partial charge in [-0.25, -0.2) is 4.98 Å². The molecule has 0 amide bonds. The van der Waals surface area contributed by atoms with E-state index in [1.54, 1.807) is 6.20 Å². The summed E-state index contributed by atoms with van der Waals surface area (Å²) < 4.78 is 7.62. The number of aryl methyl sites for hydroxylation is 2. The van der Waals surface area contributed by atoms with Gasteiger partial charge in [-0.2, -0.15) is 5.10 Å². The monoisotopic (exact) mass is 284 g/mol. The molecule has 0 saturated heterocycles. The van der Waals surface area contributed by atoms with Gasteiger partial charge in [-0.15, -0.1) is 0 Å². The minimum atomic E-state index is 0.618. The summed E-state index contributed by atoms with van der Waals surface area (Å²) in [7, 11) is 0. The van der Waals surface area contributed by atoms with E-state index in [4.69, 9.17) is 4.42 Å². The number of aromatic nitrogens is 3. The molecule has 0 bridgehead atoms. The SMILES string of the molecule is CCc1cnc(CNCc2nn(CC)c3ccccc23)o1. The molecule has 3 rings (SSSR count). The minimum absolute atomic E-state index is 0.618. The first kappa shape index (κ1) is 13.8. The van der Waals surface area contributed by atoms with Crippen LogP contribution in [0.25, 0.3) is 10.9 Å². The average Bonchev–Trinajstić information content (AvgIpc) is 3.12. The lowest BCUT2D eigenvalue weighted by atomic mass is 10.2. The zero-order valence-electron chi connectivity index (χ0n) is 12.5. The standard InChI is InChI=1S/C16H20N4O/c1-3-12-9-18-16(21-12)11-17-10-14-13-7-5-6-8-15(13)20(4-2)19-14/h5-9,17H,3-4,10-11H2,1-2H3. The number of rotatable bonds is 6. The van der Waals surface area contributed by atoms with Crippen molar-refractivity contribution in [2.75, 3.05) is 0 Å². The maximum absolute atomic E-state index is 5.59. The molecule has 21 heavy (non-hydrogen) atoms. The summed E-state index contributed by atoms with van der Waals surface area (Å²) in [6, 6.07) is 8.32. The predicted octanol–water partition coefficient (Wildman–Crippen LogP) is 2.90. The van der Waals surface area contributed by atoms with E-state index in [2.05, 4.69) is 47.4 Å². The molecule has 0 saturated carbocycles. The fraction of sp³-hybridized carbons (Fsp3) is 0.375. The largest absolute Gasteiger partial charge is 0.444 e. The number of oxazole rings is 1. The Morgan fingerprint density at radius 1 is 1.19 bits per heavy atom. The van der Waals surface area contributed by atoms with Gasteiger partial charge < -0.3 is 9.73 Å². The second-order valence-electron chi connectivity index (χ2n) is 4.96. The molecular weight excluding hydrogens is 264 g/mol. The molecule has 5 nitrogen and oxygen atoms in total. The Morgan fingerprint density at radius 2 is 2.05 bits per heavy atom. The topological polar surface area (TPSA) is 55.9 Å². The number of nitrogens with zero attached hydrogens (tertiary/aromatic N) is 3. The number of hydrogen-bond acceptors (Lipinski definition) is 4. The number of hydrogen-bond donors (Lipinski definition) is 1. The van der Waals surface area contributed by atoms with Crippen molar-refractivity contribution >= 4 is 10.9 Å². The third-order valence-corrected chi connectivity index (χ3v) is 3.55. The molecule has 1 aromatic carbocycles. The van der Waals surface area contributed by atoms with Crippen molar-refractivity contribution in [1.82, 2.24) is 20.1 Å². The van der Waals surface area contributed by atoms with E-state index >= 15 is 0 Å². The second kappa shape index (κ2) is 6.10. The average molecular weight is 284 g/mol. The van der Waals surface area contributed by atoms with E-state index in [0.29, 0.717) is 13.1 Å². The molecule has 0 fully saturated rings. The second-order valence-corrected chi connectivity index (χ2v) is 4.96. The van der Waals surface area contributed by atoms with Crippen molar-refractivity contribution in [3.05, 3.63) is 47.8 Å². The molecule has 0 aliphatic carbocycles. The van der Waals surface area contributed by atoms with Crippen LogP contribution >= 0.6 is 0 Å².